The monoisotopic (exact) mass is 198 g/mol. The van der Waals surface area contributed by atoms with Crippen molar-refractivity contribution in [2.24, 2.45) is 5.73 Å². The number of benzene rings is 1. The van der Waals surface area contributed by atoms with Crippen molar-refractivity contribution < 1.29 is 9.00 Å². The van der Waals surface area contributed by atoms with Crippen LogP contribution in [0.3, 0.4) is 0 Å². The Labute approximate surface area is 76.7 Å². The maximum atomic E-state index is 11.2. The van der Waals surface area contributed by atoms with Crippen molar-refractivity contribution in [2.45, 2.75) is 4.90 Å². The largest absolute Gasteiger partial charge is 0.366 e. The highest BCUT2D eigenvalue weighted by Crippen LogP contribution is 2.10. The van der Waals surface area contributed by atoms with Gasteiger partial charge in [-0.25, -0.2) is 8.99 Å². The summed E-state index contributed by atoms with van der Waals surface area (Å²) in [4.78, 5) is 11.1. The SMILES string of the molecule is CS(=N)(=O)c1ccc(C(N)=O)cc1. The Morgan fingerprint density at radius 3 is 2.15 bits per heavy atom. The van der Waals surface area contributed by atoms with Crippen LogP contribution in [0.1, 0.15) is 10.4 Å². The van der Waals surface area contributed by atoms with Crippen molar-refractivity contribution in [1.82, 2.24) is 0 Å². The highest BCUT2D eigenvalue weighted by molar-refractivity contribution is 7.91. The van der Waals surface area contributed by atoms with Crippen LogP contribution >= 0.6 is 0 Å². The zero-order chi connectivity index (χ0) is 10.1. The molecule has 5 heteroatoms. The Bertz CT molecular complexity index is 420. The molecule has 0 bridgehead atoms. The molecule has 0 saturated heterocycles. The first-order valence-corrected chi connectivity index (χ1v) is 5.51. The van der Waals surface area contributed by atoms with Gasteiger partial charge in [-0.3, -0.25) is 4.79 Å². The molecule has 1 aromatic rings. The van der Waals surface area contributed by atoms with Gasteiger partial charge in [0.25, 0.3) is 0 Å². The first kappa shape index (κ1) is 9.73. The van der Waals surface area contributed by atoms with E-state index in [1.807, 2.05) is 0 Å². The maximum Gasteiger partial charge on any atom is 0.248 e. The maximum absolute atomic E-state index is 11.2. The summed E-state index contributed by atoms with van der Waals surface area (Å²) in [6.45, 7) is 0. The van der Waals surface area contributed by atoms with E-state index in [0.717, 1.165) is 0 Å². The third kappa shape index (κ3) is 2.29. The molecule has 70 valence electrons. The first-order chi connectivity index (χ1) is 5.91. The summed E-state index contributed by atoms with van der Waals surface area (Å²) in [7, 11) is -2.70. The van der Waals surface area contributed by atoms with Gasteiger partial charge in [-0.05, 0) is 24.3 Å². The van der Waals surface area contributed by atoms with E-state index < -0.39 is 15.6 Å². The molecule has 0 aliphatic carbocycles. The lowest BCUT2D eigenvalue weighted by molar-refractivity contribution is 0.1000. The van der Waals surface area contributed by atoms with Gasteiger partial charge in [-0.2, -0.15) is 0 Å². The summed E-state index contributed by atoms with van der Waals surface area (Å²) < 4.78 is 18.5. The highest BCUT2D eigenvalue weighted by Gasteiger charge is 2.04. The number of nitrogens with one attached hydrogen (secondary N) is 1. The van der Waals surface area contributed by atoms with Gasteiger partial charge >= 0.3 is 0 Å². The van der Waals surface area contributed by atoms with E-state index >= 15 is 0 Å². The van der Waals surface area contributed by atoms with Crippen LogP contribution in [-0.2, 0) is 9.73 Å². The van der Waals surface area contributed by atoms with Crippen LogP contribution in [0.15, 0.2) is 29.2 Å². The second-order valence-corrected chi connectivity index (χ2v) is 4.89. The lowest BCUT2D eigenvalue weighted by Crippen LogP contribution is -2.10. The molecule has 1 atom stereocenters. The van der Waals surface area contributed by atoms with E-state index in [9.17, 15) is 9.00 Å². The van der Waals surface area contributed by atoms with Crippen molar-refractivity contribution in [1.29, 1.82) is 4.78 Å². The van der Waals surface area contributed by atoms with E-state index in [-0.39, 0.29) is 0 Å². The molecule has 0 aliphatic heterocycles. The molecule has 0 heterocycles. The van der Waals surface area contributed by atoms with Gasteiger partial charge in [0.05, 0.1) is 9.73 Å². The molecule has 1 amide bonds. The lowest BCUT2D eigenvalue weighted by atomic mass is 10.2. The standard InChI is InChI=1S/C8H10N2O2S/c1-13(10,12)7-4-2-6(3-5-7)8(9)11/h2-5,10H,1H3,(H2,9,11). The molecule has 1 unspecified atom stereocenters. The zero-order valence-corrected chi connectivity index (χ0v) is 7.93. The summed E-state index contributed by atoms with van der Waals surface area (Å²) >= 11 is 0. The van der Waals surface area contributed by atoms with Gasteiger partial charge in [0, 0.05) is 16.7 Å². The second kappa shape index (κ2) is 3.18. The van der Waals surface area contributed by atoms with Crippen LogP contribution in [0.25, 0.3) is 0 Å². The Morgan fingerprint density at radius 1 is 1.38 bits per heavy atom. The molecule has 3 N–H and O–H groups in total. The van der Waals surface area contributed by atoms with Gasteiger partial charge in [-0.15, -0.1) is 0 Å². The molecule has 0 saturated carbocycles. The fourth-order valence-corrected chi connectivity index (χ4v) is 1.53. The normalized spacial score (nSPS) is 14.8. The molecular weight excluding hydrogens is 188 g/mol. The van der Waals surface area contributed by atoms with Gasteiger partial charge in [-0.1, -0.05) is 0 Å². The average molecular weight is 198 g/mol. The Kier molecular flexibility index (Phi) is 2.38. The molecule has 13 heavy (non-hydrogen) atoms. The molecule has 0 aromatic heterocycles. The number of nitrogens with two attached hydrogens (primary N) is 1. The summed E-state index contributed by atoms with van der Waals surface area (Å²) in [5, 5.41) is 0. The minimum atomic E-state index is -2.70. The number of amides is 1. The van der Waals surface area contributed by atoms with E-state index in [4.69, 9.17) is 10.5 Å². The van der Waals surface area contributed by atoms with Crippen molar-refractivity contribution in [3.8, 4) is 0 Å². The molecule has 0 aliphatic rings. The van der Waals surface area contributed by atoms with Crippen LogP contribution < -0.4 is 5.73 Å². The number of hydrogen-bond donors (Lipinski definition) is 2. The molecular formula is C8H10N2O2S. The molecule has 0 fully saturated rings. The number of rotatable bonds is 2. The summed E-state index contributed by atoms with van der Waals surface area (Å²) in [5.41, 5.74) is 5.37. The number of carbonyl (C=O) groups excluding carboxylic acids is 1. The third-order valence-electron chi connectivity index (χ3n) is 1.59. The Hall–Kier alpha value is -1.36. The fraction of sp³-hybridized carbons (Fsp3) is 0.125. The predicted molar refractivity (Wildman–Crippen MR) is 50.0 cm³/mol. The van der Waals surface area contributed by atoms with Gasteiger partial charge in [0.1, 0.15) is 0 Å². The van der Waals surface area contributed by atoms with E-state index in [0.29, 0.717) is 10.5 Å². The molecule has 4 nitrogen and oxygen atoms in total. The zero-order valence-electron chi connectivity index (χ0n) is 7.11. The molecule has 0 radical (unpaired) electrons. The van der Waals surface area contributed by atoms with Gasteiger partial charge in [0.15, 0.2) is 0 Å². The number of carbonyl (C=O) groups is 1. The quantitative estimate of drug-likeness (QED) is 0.737. The predicted octanol–water partition coefficient (Wildman–Crippen LogP) is 0.821. The fourth-order valence-electron chi connectivity index (χ4n) is 0.879. The molecule has 1 aromatic carbocycles. The average Bonchev–Trinajstić information content (AvgIpc) is 2.03. The van der Waals surface area contributed by atoms with Crippen LogP contribution in [0, 0.1) is 4.78 Å². The van der Waals surface area contributed by atoms with Crippen molar-refractivity contribution in [2.75, 3.05) is 6.26 Å². The van der Waals surface area contributed by atoms with Crippen LogP contribution in [-0.4, -0.2) is 16.4 Å². The van der Waals surface area contributed by atoms with E-state index in [1.165, 1.54) is 30.5 Å². The first-order valence-electron chi connectivity index (χ1n) is 3.55. The number of hydrogen-bond acceptors (Lipinski definition) is 3. The molecule has 1 rings (SSSR count). The second-order valence-electron chi connectivity index (χ2n) is 2.73. The minimum absolute atomic E-state index is 0.354. The van der Waals surface area contributed by atoms with Gasteiger partial charge < -0.3 is 5.73 Å². The van der Waals surface area contributed by atoms with Crippen molar-refractivity contribution in [3.63, 3.8) is 0 Å². The summed E-state index contributed by atoms with van der Waals surface area (Å²) in [6, 6.07) is 5.90. The minimum Gasteiger partial charge on any atom is -0.366 e. The topological polar surface area (TPSA) is 84.0 Å². The summed E-state index contributed by atoms with van der Waals surface area (Å²) in [6.07, 6.45) is 1.33. The third-order valence-corrected chi connectivity index (χ3v) is 2.76. The highest BCUT2D eigenvalue weighted by atomic mass is 32.2. The Balaban J connectivity index is 3.16. The van der Waals surface area contributed by atoms with Crippen molar-refractivity contribution in [3.05, 3.63) is 29.8 Å². The lowest BCUT2D eigenvalue weighted by Gasteiger charge is -2.00. The van der Waals surface area contributed by atoms with Crippen LogP contribution in [0.4, 0.5) is 0 Å². The van der Waals surface area contributed by atoms with Gasteiger partial charge in [0.2, 0.25) is 5.91 Å². The molecule has 0 spiro atoms. The Morgan fingerprint density at radius 2 is 1.85 bits per heavy atom. The van der Waals surface area contributed by atoms with Crippen LogP contribution in [0.2, 0.25) is 0 Å². The summed E-state index contributed by atoms with van der Waals surface area (Å²) in [5.74, 6) is -0.529. The van der Waals surface area contributed by atoms with E-state index in [1.54, 1.807) is 0 Å². The number of primary amides is 1. The smallest absolute Gasteiger partial charge is 0.248 e. The van der Waals surface area contributed by atoms with Crippen LogP contribution in [0.5, 0.6) is 0 Å². The van der Waals surface area contributed by atoms with E-state index in [2.05, 4.69) is 0 Å². The van der Waals surface area contributed by atoms with Crippen molar-refractivity contribution >= 4 is 15.6 Å².